The third kappa shape index (κ3) is 4.37. The summed E-state index contributed by atoms with van der Waals surface area (Å²) >= 11 is 1.32. The van der Waals surface area contributed by atoms with E-state index in [1.54, 1.807) is 13.0 Å². The van der Waals surface area contributed by atoms with Crippen LogP contribution >= 0.6 is 11.8 Å². The molecule has 1 fully saturated rings. The molecule has 13 heteroatoms. The summed E-state index contributed by atoms with van der Waals surface area (Å²) in [6, 6.07) is 3.02. The Labute approximate surface area is 234 Å². The third-order valence-corrected chi connectivity index (χ3v) is 8.94. The van der Waals surface area contributed by atoms with Crippen molar-refractivity contribution in [2.75, 3.05) is 32.2 Å². The van der Waals surface area contributed by atoms with Crippen molar-refractivity contribution in [3.05, 3.63) is 46.2 Å². The largest absolute Gasteiger partial charge is 0.508 e. The highest BCUT2D eigenvalue weighted by Crippen LogP contribution is 2.56. The van der Waals surface area contributed by atoms with E-state index in [1.165, 1.54) is 42.9 Å². The monoisotopic (exact) mass is 576 g/mol. The Kier molecular flexibility index (Phi) is 8.05. The second kappa shape index (κ2) is 10.9. The van der Waals surface area contributed by atoms with E-state index in [4.69, 9.17) is 10.5 Å². The van der Waals surface area contributed by atoms with Crippen LogP contribution in [0.3, 0.4) is 0 Å². The minimum Gasteiger partial charge on any atom is -0.508 e. The van der Waals surface area contributed by atoms with E-state index < -0.39 is 81.6 Å². The van der Waals surface area contributed by atoms with Crippen molar-refractivity contribution in [1.29, 1.82) is 0 Å². The first kappa shape index (κ1) is 29.6. The summed E-state index contributed by atoms with van der Waals surface area (Å²) < 4.78 is 4.95. The zero-order valence-electron chi connectivity index (χ0n) is 22.2. The second-order valence-corrected chi connectivity index (χ2v) is 11.4. The van der Waals surface area contributed by atoms with Crippen LogP contribution in [0.2, 0.25) is 0 Å². The number of ketones is 2. The lowest BCUT2D eigenvalue weighted by Crippen LogP contribution is -2.70. The summed E-state index contributed by atoms with van der Waals surface area (Å²) in [6.45, 7) is 1.92. The second-order valence-electron chi connectivity index (χ2n) is 10.2. The van der Waals surface area contributed by atoms with Gasteiger partial charge in [-0.05, 0) is 32.6 Å². The summed E-state index contributed by atoms with van der Waals surface area (Å²) in [5.74, 6) is -9.32. The lowest BCUT2D eigenvalue weighted by molar-refractivity contribution is -0.169. The molecule has 3 aliphatic rings. The van der Waals surface area contributed by atoms with E-state index in [1.807, 2.05) is 0 Å². The van der Waals surface area contributed by atoms with Gasteiger partial charge in [-0.1, -0.05) is 12.1 Å². The number of likely N-dealkylation sites (N-methyl/N-ethyl adjacent to an activating group) is 1. The molecule has 1 amide bonds. The molecule has 0 spiro atoms. The quantitative estimate of drug-likeness (QED) is 0.139. The number of hydrogen-bond acceptors (Lipinski definition) is 12. The van der Waals surface area contributed by atoms with Crippen LogP contribution in [-0.2, 0) is 23.9 Å². The van der Waals surface area contributed by atoms with E-state index in [0.29, 0.717) is 11.3 Å². The number of aromatic hydroxyl groups is 1. The van der Waals surface area contributed by atoms with Crippen molar-refractivity contribution in [2.24, 2.45) is 17.6 Å². The number of nitrogens with two attached hydrogens (primary N) is 1. The van der Waals surface area contributed by atoms with E-state index in [2.05, 4.69) is 0 Å². The van der Waals surface area contributed by atoms with Crippen LogP contribution in [0.25, 0.3) is 5.76 Å². The minimum absolute atomic E-state index is 0.0815. The van der Waals surface area contributed by atoms with Crippen LogP contribution in [0.5, 0.6) is 5.75 Å². The third-order valence-electron chi connectivity index (χ3n) is 7.85. The smallest absolute Gasteiger partial charge is 0.306 e. The van der Waals surface area contributed by atoms with Gasteiger partial charge in [0.05, 0.1) is 36.7 Å². The summed E-state index contributed by atoms with van der Waals surface area (Å²) in [5.41, 5.74) is 1.25. The number of Topliss-reactive ketones (excluding diaryl/α,β-unsaturated/α-hetero) is 2. The van der Waals surface area contributed by atoms with Crippen LogP contribution in [0, 0.1) is 11.8 Å². The van der Waals surface area contributed by atoms with Crippen molar-refractivity contribution in [3.8, 4) is 5.75 Å². The fraction of sp³-hybridized carbons (Fsp3) is 0.481. The number of carbonyl (C=O) groups excluding carboxylic acids is 4. The summed E-state index contributed by atoms with van der Waals surface area (Å²) in [6.07, 6.45) is -1.59. The van der Waals surface area contributed by atoms with Gasteiger partial charge in [0.25, 0.3) is 5.91 Å². The maximum atomic E-state index is 14.1. The molecule has 216 valence electrons. The number of hydrogen-bond donors (Lipinski definition) is 6. The molecule has 6 unspecified atom stereocenters. The van der Waals surface area contributed by atoms with E-state index in [9.17, 15) is 44.7 Å². The first-order chi connectivity index (χ1) is 18.8. The number of primary amides is 1. The molecule has 1 aromatic rings. The predicted octanol–water partition coefficient (Wildman–Crippen LogP) is 0.162. The number of nitrogens with zero attached hydrogens (tertiary/aromatic N) is 1. The number of benzene rings is 1. The van der Waals surface area contributed by atoms with Crippen LogP contribution in [0.1, 0.15) is 30.4 Å². The summed E-state index contributed by atoms with van der Waals surface area (Å²) in [7, 11) is 2.89. The molecule has 12 nitrogen and oxygen atoms in total. The zero-order valence-corrected chi connectivity index (χ0v) is 23.0. The number of aliphatic hydroxyl groups excluding tert-OH is 3. The Balaban J connectivity index is 1.88. The molecule has 6 atom stereocenters. The fourth-order valence-electron chi connectivity index (χ4n) is 6.19. The van der Waals surface area contributed by atoms with Gasteiger partial charge >= 0.3 is 5.97 Å². The Morgan fingerprint density at radius 2 is 1.85 bits per heavy atom. The number of rotatable bonds is 8. The lowest BCUT2D eigenvalue weighted by Gasteiger charge is -2.54. The molecule has 4 rings (SSSR count). The molecular formula is C27H32N2O10S. The topological polar surface area (TPSA) is 208 Å². The Hall–Kier alpha value is -3.39. The first-order valence-electron chi connectivity index (χ1n) is 12.7. The maximum Gasteiger partial charge on any atom is 0.306 e. The molecule has 0 bridgehead atoms. The van der Waals surface area contributed by atoms with Gasteiger partial charge in [-0.3, -0.25) is 24.1 Å². The lowest BCUT2D eigenvalue weighted by atomic mass is 9.54. The van der Waals surface area contributed by atoms with Crippen molar-refractivity contribution in [3.63, 3.8) is 0 Å². The van der Waals surface area contributed by atoms with Gasteiger partial charge < -0.3 is 36.0 Å². The number of carbonyl (C=O) groups is 4. The number of phenolic OH excluding ortho intramolecular Hbond substituents is 1. The molecular weight excluding hydrogens is 544 g/mol. The summed E-state index contributed by atoms with van der Waals surface area (Å²) in [4.78, 5) is 52.7. The standard InChI is InChI=1S/C27H32N2O10S/c1-4-39-14(31)8-9-40-10-12-11-6-5-7-13(30)15(11)21(32)17-16(12)22(33)19-20(29(2)3)23(34)18(26(28)37)25(36)27(19,38)24(17)35/h5-7,12,16,19-20,22,30,32-33,36,38H,4,8-10H2,1-3H3,(H2,28,37). The molecule has 0 heterocycles. The van der Waals surface area contributed by atoms with Crippen LogP contribution in [-0.4, -0.2) is 104 Å². The molecule has 0 aliphatic heterocycles. The number of phenols is 1. The van der Waals surface area contributed by atoms with Crippen LogP contribution < -0.4 is 5.73 Å². The van der Waals surface area contributed by atoms with Gasteiger partial charge in [0.15, 0.2) is 11.4 Å². The number of aliphatic hydroxyl groups is 4. The molecule has 0 saturated heterocycles. The fourth-order valence-corrected chi connectivity index (χ4v) is 7.31. The number of esters is 1. The van der Waals surface area contributed by atoms with Crippen molar-refractivity contribution in [2.45, 2.75) is 37.0 Å². The zero-order chi connectivity index (χ0) is 29.7. The predicted molar refractivity (Wildman–Crippen MR) is 143 cm³/mol. The normalized spacial score (nSPS) is 29.7. The van der Waals surface area contributed by atoms with Gasteiger partial charge in [0.2, 0.25) is 5.78 Å². The molecule has 1 saturated carbocycles. The van der Waals surface area contributed by atoms with E-state index in [-0.39, 0.29) is 30.1 Å². The Morgan fingerprint density at radius 3 is 2.45 bits per heavy atom. The van der Waals surface area contributed by atoms with Gasteiger partial charge in [0.1, 0.15) is 22.8 Å². The minimum atomic E-state index is -2.98. The highest BCUT2D eigenvalue weighted by molar-refractivity contribution is 7.99. The Bertz CT molecular complexity index is 1340. The highest BCUT2D eigenvalue weighted by atomic mass is 32.2. The number of amides is 1. The van der Waals surface area contributed by atoms with Crippen molar-refractivity contribution < 1.29 is 49.4 Å². The average Bonchev–Trinajstić information content (AvgIpc) is 2.87. The molecule has 3 aliphatic carbocycles. The molecule has 7 N–H and O–H groups in total. The van der Waals surface area contributed by atoms with E-state index in [0.717, 1.165) is 0 Å². The van der Waals surface area contributed by atoms with Crippen molar-refractivity contribution in [1.82, 2.24) is 4.90 Å². The molecule has 40 heavy (non-hydrogen) atoms. The molecule has 0 aromatic heterocycles. The van der Waals surface area contributed by atoms with Gasteiger partial charge in [-0.2, -0.15) is 11.8 Å². The molecule has 1 aromatic carbocycles. The molecule has 0 radical (unpaired) electrons. The van der Waals surface area contributed by atoms with Gasteiger partial charge in [-0.25, -0.2) is 0 Å². The van der Waals surface area contributed by atoms with Crippen LogP contribution in [0.4, 0.5) is 0 Å². The SMILES string of the molecule is CCOC(=O)CCSCC1c2cccc(O)c2C(O)=C2C(=O)C3(O)C(O)=C(C(N)=O)C(=O)C(N(C)C)C3C(O)C21. The Morgan fingerprint density at radius 1 is 1.18 bits per heavy atom. The van der Waals surface area contributed by atoms with Crippen molar-refractivity contribution >= 4 is 41.0 Å². The van der Waals surface area contributed by atoms with E-state index >= 15 is 0 Å². The van der Waals surface area contributed by atoms with Crippen LogP contribution in [0.15, 0.2) is 35.1 Å². The summed E-state index contributed by atoms with van der Waals surface area (Å²) in [5, 5.41) is 56.5. The number of fused-ring (bicyclic) bond motifs is 3. The average molecular weight is 577 g/mol. The van der Waals surface area contributed by atoms with Gasteiger partial charge in [-0.15, -0.1) is 0 Å². The highest BCUT2D eigenvalue weighted by Gasteiger charge is 2.68. The first-order valence-corrected chi connectivity index (χ1v) is 13.8. The van der Waals surface area contributed by atoms with Gasteiger partial charge in [0, 0.05) is 28.9 Å². The maximum absolute atomic E-state index is 14.1. The number of thioether (sulfide) groups is 1. The number of ether oxygens (including phenoxy) is 1.